The van der Waals surface area contributed by atoms with Crippen molar-refractivity contribution in [1.29, 1.82) is 0 Å². The number of amides is 2. The van der Waals surface area contributed by atoms with E-state index in [-0.39, 0.29) is 17.9 Å². The highest BCUT2D eigenvalue weighted by Gasteiger charge is 2.32. The van der Waals surface area contributed by atoms with Gasteiger partial charge in [0.05, 0.1) is 12.0 Å². The molecule has 1 saturated heterocycles. The molecule has 1 aliphatic heterocycles. The third-order valence-corrected chi connectivity index (χ3v) is 3.76. The lowest BCUT2D eigenvalue weighted by Crippen LogP contribution is -2.50. The highest BCUT2D eigenvalue weighted by Crippen LogP contribution is 2.29. The topological polar surface area (TPSA) is 63.4 Å². The van der Waals surface area contributed by atoms with Gasteiger partial charge in [0.2, 0.25) is 11.8 Å². The molecule has 0 aromatic heterocycles. The lowest BCUT2D eigenvalue weighted by Gasteiger charge is -2.33. The van der Waals surface area contributed by atoms with Crippen LogP contribution in [0.1, 0.15) is 30.4 Å². The summed E-state index contributed by atoms with van der Waals surface area (Å²) in [4.78, 5) is 25.0. The first-order valence-electron chi connectivity index (χ1n) is 7.04. The Kier molecular flexibility index (Phi) is 4.73. The van der Waals surface area contributed by atoms with Crippen molar-refractivity contribution in [1.82, 2.24) is 4.90 Å². The lowest BCUT2D eigenvalue weighted by atomic mass is 10.00. The van der Waals surface area contributed by atoms with E-state index in [0.717, 1.165) is 25.0 Å². The van der Waals surface area contributed by atoms with E-state index in [2.05, 4.69) is 0 Å². The van der Waals surface area contributed by atoms with Crippen LogP contribution in [0, 0.1) is 0 Å². The summed E-state index contributed by atoms with van der Waals surface area (Å²) in [6, 6.07) is 4.00. The molecule has 2 rings (SSSR count). The molecule has 0 radical (unpaired) electrons. The van der Waals surface area contributed by atoms with Gasteiger partial charge in [-0.1, -0.05) is 18.2 Å². The summed E-state index contributed by atoms with van der Waals surface area (Å²) in [5.74, 6) is -0.945. The molecule has 0 saturated carbocycles. The smallest absolute Gasteiger partial charge is 0.368 e. The van der Waals surface area contributed by atoms with Crippen LogP contribution in [-0.2, 0) is 22.2 Å². The minimum atomic E-state index is -4.44. The van der Waals surface area contributed by atoms with Gasteiger partial charge in [-0.15, -0.1) is 0 Å². The second kappa shape index (κ2) is 6.37. The van der Waals surface area contributed by atoms with E-state index < -0.39 is 23.7 Å². The summed E-state index contributed by atoms with van der Waals surface area (Å²) in [6.45, 7) is 0.408. The lowest BCUT2D eigenvalue weighted by molar-refractivity contribution is -0.140. The average molecular weight is 314 g/mol. The Bertz CT molecular complexity index is 572. The molecule has 0 bridgehead atoms. The monoisotopic (exact) mass is 314 g/mol. The Labute approximate surface area is 126 Å². The first-order chi connectivity index (χ1) is 10.3. The van der Waals surface area contributed by atoms with E-state index >= 15 is 0 Å². The molecule has 7 heteroatoms. The standard InChI is InChI=1S/C15H17F3N2O2/c16-15(17,18)11-5-3-4-10(8-11)9-13(21)20-7-2-1-6-12(20)14(19)22/h3-5,8,12H,1-2,6-7,9H2,(H2,19,22). The second-order valence-corrected chi connectivity index (χ2v) is 5.38. The Morgan fingerprint density at radius 1 is 1.27 bits per heavy atom. The third kappa shape index (κ3) is 3.78. The zero-order valence-corrected chi connectivity index (χ0v) is 11.9. The Morgan fingerprint density at radius 2 is 2.00 bits per heavy atom. The molecule has 1 fully saturated rings. The molecule has 22 heavy (non-hydrogen) atoms. The molecule has 0 aliphatic carbocycles. The predicted octanol–water partition coefficient (Wildman–Crippen LogP) is 2.11. The van der Waals surface area contributed by atoms with Gasteiger partial charge < -0.3 is 10.6 Å². The number of hydrogen-bond acceptors (Lipinski definition) is 2. The van der Waals surface area contributed by atoms with Crippen molar-refractivity contribution in [3.05, 3.63) is 35.4 Å². The third-order valence-electron chi connectivity index (χ3n) is 3.76. The number of benzene rings is 1. The Morgan fingerprint density at radius 3 is 2.64 bits per heavy atom. The average Bonchev–Trinajstić information content (AvgIpc) is 2.46. The summed E-state index contributed by atoms with van der Waals surface area (Å²) in [5.41, 5.74) is 4.77. The highest BCUT2D eigenvalue weighted by atomic mass is 19.4. The number of carbonyl (C=O) groups is 2. The molecule has 1 aliphatic rings. The summed E-state index contributed by atoms with van der Waals surface area (Å²) >= 11 is 0. The summed E-state index contributed by atoms with van der Waals surface area (Å²) in [6.07, 6.45) is -2.55. The van der Waals surface area contributed by atoms with E-state index in [1.54, 1.807) is 0 Å². The number of rotatable bonds is 3. The van der Waals surface area contributed by atoms with Crippen molar-refractivity contribution < 1.29 is 22.8 Å². The molecule has 2 amide bonds. The van der Waals surface area contributed by atoms with Gasteiger partial charge in [-0.2, -0.15) is 13.2 Å². The van der Waals surface area contributed by atoms with Crippen molar-refractivity contribution in [3.8, 4) is 0 Å². The van der Waals surface area contributed by atoms with E-state index in [1.165, 1.54) is 17.0 Å². The quantitative estimate of drug-likeness (QED) is 0.929. The number of nitrogens with two attached hydrogens (primary N) is 1. The Balaban J connectivity index is 2.12. The maximum atomic E-state index is 12.7. The van der Waals surface area contributed by atoms with Gasteiger partial charge in [0.1, 0.15) is 6.04 Å². The van der Waals surface area contributed by atoms with Crippen LogP contribution in [-0.4, -0.2) is 29.3 Å². The first-order valence-corrected chi connectivity index (χ1v) is 7.04. The number of likely N-dealkylation sites (tertiary alicyclic amines) is 1. The molecule has 2 N–H and O–H groups in total. The van der Waals surface area contributed by atoms with Crippen LogP contribution in [0.5, 0.6) is 0 Å². The minimum absolute atomic E-state index is 0.173. The normalized spacial score (nSPS) is 19.0. The van der Waals surface area contributed by atoms with Crippen LogP contribution in [0.3, 0.4) is 0 Å². The van der Waals surface area contributed by atoms with Crippen molar-refractivity contribution >= 4 is 11.8 Å². The highest BCUT2D eigenvalue weighted by molar-refractivity contribution is 5.87. The van der Waals surface area contributed by atoms with E-state index in [9.17, 15) is 22.8 Å². The van der Waals surface area contributed by atoms with Crippen molar-refractivity contribution in [2.45, 2.75) is 37.9 Å². The Hall–Kier alpha value is -2.05. The van der Waals surface area contributed by atoms with Gasteiger partial charge in [0, 0.05) is 6.54 Å². The molecule has 1 aromatic rings. The van der Waals surface area contributed by atoms with E-state index in [0.29, 0.717) is 13.0 Å². The summed E-state index contributed by atoms with van der Waals surface area (Å²) < 4.78 is 38.0. The number of primary amides is 1. The first kappa shape index (κ1) is 16.3. The molecule has 1 unspecified atom stereocenters. The minimum Gasteiger partial charge on any atom is -0.368 e. The molecule has 1 aromatic carbocycles. The van der Waals surface area contributed by atoms with Gasteiger partial charge in [-0.25, -0.2) is 0 Å². The molecular weight excluding hydrogens is 297 g/mol. The van der Waals surface area contributed by atoms with Crippen molar-refractivity contribution in [2.75, 3.05) is 6.54 Å². The number of nitrogens with zero attached hydrogens (tertiary/aromatic N) is 1. The van der Waals surface area contributed by atoms with Gasteiger partial charge in [0.15, 0.2) is 0 Å². The molecular formula is C15H17F3N2O2. The maximum Gasteiger partial charge on any atom is 0.416 e. The van der Waals surface area contributed by atoms with Crippen LogP contribution in [0.15, 0.2) is 24.3 Å². The predicted molar refractivity (Wildman–Crippen MR) is 73.7 cm³/mol. The van der Waals surface area contributed by atoms with Crippen LogP contribution in [0.2, 0.25) is 0 Å². The van der Waals surface area contributed by atoms with E-state index in [1.807, 2.05) is 0 Å². The van der Waals surface area contributed by atoms with Crippen LogP contribution >= 0.6 is 0 Å². The van der Waals surface area contributed by atoms with Gasteiger partial charge in [-0.05, 0) is 30.9 Å². The number of alkyl halides is 3. The molecule has 120 valence electrons. The molecule has 1 atom stereocenters. The van der Waals surface area contributed by atoms with Crippen molar-refractivity contribution in [3.63, 3.8) is 0 Å². The maximum absolute atomic E-state index is 12.7. The van der Waals surface area contributed by atoms with Crippen LogP contribution in [0.25, 0.3) is 0 Å². The van der Waals surface area contributed by atoms with Gasteiger partial charge in [0.25, 0.3) is 0 Å². The van der Waals surface area contributed by atoms with Gasteiger partial charge in [-0.3, -0.25) is 9.59 Å². The summed E-state index contributed by atoms with van der Waals surface area (Å²) in [5, 5.41) is 0. The van der Waals surface area contributed by atoms with Crippen LogP contribution < -0.4 is 5.73 Å². The number of hydrogen-bond donors (Lipinski definition) is 1. The number of halogens is 3. The number of carbonyl (C=O) groups excluding carboxylic acids is 2. The zero-order chi connectivity index (χ0) is 16.3. The largest absolute Gasteiger partial charge is 0.416 e. The zero-order valence-electron chi connectivity index (χ0n) is 11.9. The molecule has 0 spiro atoms. The summed E-state index contributed by atoms with van der Waals surface area (Å²) in [7, 11) is 0. The van der Waals surface area contributed by atoms with Crippen molar-refractivity contribution in [2.24, 2.45) is 5.73 Å². The fourth-order valence-corrected chi connectivity index (χ4v) is 2.66. The fraction of sp³-hybridized carbons (Fsp3) is 0.467. The van der Waals surface area contributed by atoms with Gasteiger partial charge >= 0.3 is 6.18 Å². The SMILES string of the molecule is NC(=O)C1CCCCN1C(=O)Cc1cccc(C(F)(F)F)c1. The fourth-order valence-electron chi connectivity index (χ4n) is 2.66. The molecule has 1 heterocycles. The number of piperidine rings is 1. The van der Waals surface area contributed by atoms with E-state index in [4.69, 9.17) is 5.73 Å². The second-order valence-electron chi connectivity index (χ2n) is 5.38. The van der Waals surface area contributed by atoms with Crippen LogP contribution in [0.4, 0.5) is 13.2 Å². The molecule has 4 nitrogen and oxygen atoms in total.